The lowest BCUT2D eigenvalue weighted by atomic mass is 9.86. The average molecular weight is 270 g/mol. The fraction of sp³-hybridized carbons (Fsp3) is 0.933. The van der Waals surface area contributed by atoms with Crippen LogP contribution < -0.4 is 5.73 Å². The largest absolute Gasteiger partial charge is 0.465 e. The maximum atomic E-state index is 11.8. The van der Waals surface area contributed by atoms with E-state index in [-0.39, 0.29) is 5.97 Å². The molecule has 0 bridgehead atoms. The second-order valence-corrected chi connectivity index (χ2v) is 6.43. The second-order valence-electron chi connectivity index (χ2n) is 6.43. The number of piperidine rings is 1. The van der Waals surface area contributed by atoms with Crippen LogP contribution in [-0.4, -0.2) is 42.1 Å². The van der Waals surface area contributed by atoms with E-state index in [0.717, 1.165) is 19.0 Å². The molecule has 1 aliphatic rings. The van der Waals surface area contributed by atoms with E-state index in [4.69, 9.17) is 10.5 Å². The van der Waals surface area contributed by atoms with E-state index < -0.39 is 5.54 Å². The Hall–Kier alpha value is -0.610. The van der Waals surface area contributed by atoms with Gasteiger partial charge in [0.2, 0.25) is 0 Å². The summed E-state index contributed by atoms with van der Waals surface area (Å²) in [6.07, 6.45) is 1.87. The molecule has 1 heterocycles. The molecule has 0 amide bonds. The van der Waals surface area contributed by atoms with Crippen LogP contribution in [0, 0.1) is 11.8 Å². The molecule has 1 rings (SSSR count). The van der Waals surface area contributed by atoms with Gasteiger partial charge in [-0.1, -0.05) is 13.8 Å². The number of ether oxygens (including phenoxy) is 1. The van der Waals surface area contributed by atoms with Gasteiger partial charge in [0, 0.05) is 12.6 Å². The van der Waals surface area contributed by atoms with Crippen molar-refractivity contribution in [2.45, 2.75) is 59.0 Å². The molecule has 4 unspecified atom stereocenters. The number of hydrogen-bond acceptors (Lipinski definition) is 4. The molecule has 112 valence electrons. The van der Waals surface area contributed by atoms with Gasteiger partial charge >= 0.3 is 5.97 Å². The summed E-state index contributed by atoms with van der Waals surface area (Å²) < 4.78 is 5.05. The minimum atomic E-state index is -0.887. The molecule has 2 N–H and O–H groups in total. The summed E-state index contributed by atoms with van der Waals surface area (Å²) >= 11 is 0. The standard InChI is InChI=1S/C15H30N2O2/c1-6-19-14(18)15(5,16)9-13(4)17-8-7-11(2)12(3)10-17/h11-13H,6-10,16H2,1-5H3. The average Bonchev–Trinajstić information content (AvgIpc) is 2.32. The molecule has 0 aromatic rings. The highest BCUT2D eigenvalue weighted by molar-refractivity contribution is 5.80. The summed E-state index contributed by atoms with van der Waals surface area (Å²) in [5, 5.41) is 0. The molecule has 1 aliphatic heterocycles. The molecule has 4 atom stereocenters. The van der Waals surface area contributed by atoms with E-state index in [1.54, 1.807) is 6.92 Å². The van der Waals surface area contributed by atoms with Crippen LogP contribution in [0.5, 0.6) is 0 Å². The zero-order valence-electron chi connectivity index (χ0n) is 13.1. The summed E-state index contributed by atoms with van der Waals surface area (Å²) in [5.41, 5.74) is 5.23. The van der Waals surface area contributed by atoms with Gasteiger partial charge in [0.05, 0.1) is 6.61 Å². The van der Waals surface area contributed by atoms with Crippen molar-refractivity contribution in [2.75, 3.05) is 19.7 Å². The van der Waals surface area contributed by atoms with Crippen LogP contribution in [0.4, 0.5) is 0 Å². The van der Waals surface area contributed by atoms with Crippen molar-refractivity contribution in [1.82, 2.24) is 4.90 Å². The van der Waals surface area contributed by atoms with Crippen LogP contribution in [-0.2, 0) is 9.53 Å². The lowest BCUT2D eigenvalue weighted by Crippen LogP contribution is -2.53. The van der Waals surface area contributed by atoms with Crippen LogP contribution in [0.2, 0.25) is 0 Å². The van der Waals surface area contributed by atoms with Crippen molar-refractivity contribution >= 4 is 5.97 Å². The number of hydrogen-bond donors (Lipinski definition) is 1. The Morgan fingerprint density at radius 1 is 1.47 bits per heavy atom. The molecule has 19 heavy (non-hydrogen) atoms. The lowest BCUT2D eigenvalue weighted by molar-refractivity contribution is -0.149. The highest BCUT2D eigenvalue weighted by atomic mass is 16.5. The van der Waals surface area contributed by atoms with E-state index in [1.807, 2.05) is 6.92 Å². The van der Waals surface area contributed by atoms with Gasteiger partial charge in [-0.15, -0.1) is 0 Å². The first kappa shape index (κ1) is 16.4. The molecule has 0 aromatic heterocycles. The molecule has 0 spiro atoms. The van der Waals surface area contributed by atoms with Gasteiger partial charge in [0.1, 0.15) is 5.54 Å². The maximum Gasteiger partial charge on any atom is 0.325 e. The van der Waals surface area contributed by atoms with Crippen molar-refractivity contribution in [3.05, 3.63) is 0 Å². The van der Waals surface area contributed by atoms with Crippen LogP contribution in [0.1, 0.15) is 47.5 Å². The number of nitrogens with zero attached hydrogens (tertiary/aromatic N) is 1. The fourth-order valence-electron chi connectivity index (χ4n) is 2.82. The molecule has 1 saturated heterocycles. The van der Waals surface area contributed by atoms with Crippen LogP contribution in [0.3, 0.4) is 0 Å². The van der Waals surface area contributed by atoms with Gasteiger partial charge in [-0.25, -0.2) is 0 Å². The Morgan fingerprint density at radius 3 is 2.63 bits per heavy atom. The van der Waals surface area contributed by atoms with Crippen molar-refractivity contribution in [3.63, 3.8) is 0 Å². The highest BCUT2D eigenvalue weighted by Crippen LogP contribution is 2.26. The number of likely N-dealkylation sites (tertiary alicyclic amines) is 1. The number of carbonyl (C=O) groups is 1. The van der Waals surface area contributed by atoms with Crippen LogP contribution >= 0.6 is 0 Å². The van der Waals surface area contributed by atoms with Crippen LogP contribution in [0.15, 0.2) is 0 Å². The first-order valence-electron chi connectivity index (χ1n) is 7.48. The first-order valence-corrected chi connectivity index (χ1v) is 7.48. The van der Waals surface area contributed by atoms with Gasteiger partial charge in [0.15, 0.2) is 0 Å². The van der Waals surface area contributed by atoms with Gasteiger partial charge in [-0.3, -0.25) is 4.79 Å². The monoisotopic (exact) mass is 270 g/mol. The minimum Gasteiger partial charge on any atom is -0.465 e. The Kier molecular flexibility index (Phi) is 5.81. The first-order chi connectivity index (χ1) is 8.77. The quantitative estimate of drug-likeness (QED) is 0.777. The van der Waals surface area contributed by atoms with Gasteiger partial charge in [-0.2, -0.15) is 0 Å². The molecular weight excluding hydrogens is 240 g/mol. The fourth-order valence-corrected chi connectivity index (χ4v) is 2.82. The summed E-state index contributed by atoms with van der Waals surface area (Å²) in [6.45, 7) is 13.0. The van der Waals surface area contributed by atoms with Gasteiger partial charge < -0.3 is 15.4 Å². The van der Waals surface area contributed by atoms with E-state index in [2.05, 4.69) is 25.7 Å². The lowest BCUT2D eigenvalue weighted by Gasteiger charge is -2.40. The summed E-state index contributed by atoms with van der Waals surface area (Å²) in [5.74, 6) is 1.21. The van der Waals surface area contributed by atoms with Crippen molar-refractivity contribution in [1.29, 1.82) is 0 Å². The van der Waals surface area contributed by atoms with E-state index >= 15 is 0 Å². The smallest absolute Gasteiger partial charge is 0.325 e. The Balaban J connectivity index is 2.54. The maximum absolute atomic E-state index is 11.8. The number of carbonyl (C=O) groups excluding carboxylic acids is 1. The van der Waals surface area contributed by atoms with E-state index in [9.17, 15) is 4.79 Å². The number of rotatable bonds is 5. The Bertz CT molecular complexity index is 305. The molecule has 1 fully saturated rings. The molecule has 0 aliphatic carbocycles. The molecule has 0 aromatic carbocycles. The molecule has 0 radical (unpaired) electrons. The van der Waals surface area contributed by atoms with E-state index in [0.29, 0.717) is 25.0 Å². The van der Waals surface area contributed by atoms with Crippen molar-refractivity contribution < 1.29 is 9.53 Å². The van der Waals surface area contributed by atoms with Crippen molar-refractivity contribution in [3.8, 4) is 0 Å². The topological polar surface area (TPSA) is 55.6 Å². The predicted molar refractivity (Wildman–Crippen MR) is 77.8 cm³/mol. The van der Waals surface area contributed by atoms with Gasteiger partial charge in [0.25, 0.3) is 0 Å². The molecule has 4 heteroatoms. The summed E-state index contributed by atoms with van der Waals surface area (Å²) in [4.78, 5) is 14.3. The molecular formula is C15H30N2O2. The third-order valence-corrected chi connectivity index (χ3v) is 4.45. The van der Waals surface area contributed by atoms with Crippen LogP contribution in [0.25, 0.3) is 0 Å². The van der Waals surface area contributed by atoms with E-state index in [1.165, 1.54) is 6.42 Å². The predicted octanol–water partition coefficient (Wildman–Crippen LogP) is 2.02. The second kappa shape index (κ2) is 6.71. The Labute approximate surface area is 117 Å². The zero-order chi connectivity index (χ0) is 14.6. The zero-order valence-corrected chi connectivity index (χ0v) is 13.1. The third kappa shape index (κ3) is 4.46. The Morgan fingerprint density at radius 2 is 2.11 bits per heavy atom. The summed E-state index contributed by atoms with van der Waals surface area (Å²) in [6, 6.07) is 0.314. The van der Waals surface area contributed by atoms with Crippen molar-refractivity contribution in [2.24, 2.45) is 17.6 Å². The van der Waals surface area contributed by atoms with Gasteiger partial charge in [-0.05, 0) is 52.0 Å². The SMILES string of the molecule is CCOC(=O)C(C)(N)CC(C)N1CCC(C)C(C)C1. The molecule has 0 saturated carbocycles. The minimum absolute atomic E-state index is 0.291. The summed E-state index contributed by atoms with van der Waals surface area (Å²) in [7, 11) is 0. The normalized spacial score (nSPS) is 29.6. The third-order valence-electron chi connectivity index (χ3n) is 4.45. The molecule has 4 nitrogen and oxygen atoms in total. The highest BCUT2D eigenvalue weighted by Gasteiger charge is 2.35. The number of nitrogens with two attached hydrogens (primary N) is 1. The number of esters is 1.